The van der Waals surface area contributed by atoms with Crippen LogP contribution in [0.5, 0.6) is 5.75 Å². The van der Waals surface area contributed by atoms with Crippen LogP contribution in [0.15, 0.2) is 60.9 Å². The van der Waals surface area contributed by atoms with Crippen LogP contribution in [0.1, 0.15) is 41.5 Å². The summed E-state index contributed by atoms with van der Waals surface area (Å²) in [4.78, 5) is 5.10. The Bertz CT molecular complexity index is 1210. The second-order valence-corrected chi connectivity index (χ2v) is 11.1. The van der Waals surface area contributed by atoms with Gasteiger partial charge in [-0.25, -0.2) is 0 Å². The van der Waals surface area contributed by atoms with Crippen molar-refractivity contribution in [1.82, 2.24) is 19.6 Å². The van der Waals surface area contributed by atoms with Gasteiger partial charge in [-0.1, -0.05) is 36.4 Å². The molecular weight excluding hydrogens is 448 g/mol. The van der Waals surface area contributed by atoms with Crippen molar-refractivity contribution < 1.29 is 9.84 Å². The van der Waals surface area contributed by atoms with E-state index in [1.807, 2.05) is 10.9 Å². The van der Waals surface area contributed by atoms with Gasteiger partial charge in [0.05, 0.1) is 25.5 Å². The van der Waals surface area contributed by atoms with E-state index in [1.54, 1.807) is 7.11 Å². The number of fused-ring (bicyclic) bond motifs is 1. The molecule has 6 nitrogen and oxygen atoms in total. The lowest BCUT2D eigenvalue weighted by atomic mass is 9.52. The van der Waals surface area contributed by atoms with Crippen molar-refractivity contribution in [2.45, 2.75) is 62.8 Å². The van der Waals surface area contributed by atoms with Gasteiger partial charge in [0, 0.05) is 37.3 Å². The third kappa shape index (κ3) is 3.96. The number of aromatic nitrogens is 2. The summed E-state index contributed by atoms with van der Waals surface area (Å²) in [7, 11) is 1.74. The van der Waals surface area contributed by atoms with Gasteiger partial charge in [0.25, 0.3) is 0 Å². The number of aryl methyl sites for hydroxylation is 1. The molecule has 1 N–H and O–H groups in total. The van der Waals surface area contributed by atoms with Crippen molar-refractivity contribution in [3.05, 3.63) is 83.2 Å². The Hall–Kier alpha value is -2.67. The zero-order valence-electron chi connectivity index (χ0n) is 21.6. The van der Waals surface area contributed by atoms with Crippen LogP contribution in [-0.4, -0.2) is 69.6 Å². The molecule has 3 aromatic rings. The van der Waals surface area contributed by atoms with E-state index in [0.29, 0.717) is 0 Å². The fraction of sp³-hybridized carbons (Fsp3) is 0.500. The number of aliphatic hydroxyl groups is 1. The van der Waals surface area contributed by atoms with Crippen LogP contribution in [0.2, 0.25) is 0 Å². The van der Waals surface area contributed by atoms with Crippen LogP contribution >= 0.6 is 0 Å². The Morgan fingerprint density at radius 3 is 2.61 bits per heavy atom. The van der Waals surface area contributed by atoms with E-state index in [9.17, 15) is 5.11 Å². The quantitative estimate of drug-likeness (QED) is 0.575. The minimum absolute atomic E-state index is 0.112. The minimum Gasteiger partial charge on any atom is -0.497 e. The number of piperidine rings is 1. The van der Waals surface area contributed by atoms with Gasteiger partial charge in [0.1, 0.15) is 5.75 Å². The Kier molecular flexibility index (Phi) is 6.14. The molecule has 0 amide bonds. The van der Waals surface area contributed by atoms with E-state index >= 15 is 0 Å². The number of methoxy groups -OCH3 is 1. The second-order valence-electron chi connectivity index (χ2n) is 11.1. The lowest BCUT2D eigenvalue weighted by Crippen LogP contribution is -2.71. The van der Waals surface area contributed by atoms with Crippen molar-refractivity contribution in [3.8, 4) is 5.75 Å². The fourth-order valence-electron chi connectivity index (χ4n) is 7.24. The lowest BCUT2D eigenvalue weighted by Gasteiger charge is -2.61. The first-order valence-electron chi connectivity index (χ1n) is 13.4. The van der Waals surface area contributed by atoms with Gasteiger partial charge in [0.2, 0.25) is 0 Å². The molecule has 3 aliphatic rings. The molecule has 190 valence electrons. The first-order valence-corrected chi connectivity index (χ1v) is 13.4. The summed E-state index contributed by atoms with van der Waals surface area (Å²) in [6.45, 7) is 7.72. The maximum atomic E-state index is 12.8. The number of benzene rings is 2. The molecule has 3 unspecified atom stereocenters. The molecular formula is C30H38N4O2. The van der Waals surface area contributed by atoms with Gasteiger partial charge in [-0.05, 0) is 80.1 Å². The van der Waals surface area contributed by atoms with Gasteiger partial charge < -0.3 is 14.7 Å². The smallest absolute Gasteiger partial charge is 0.119 e. The van der Waals surface area contributed by atoms with E-state index in [4.69, 9.17) is 4.74 Å². The van der Waals surface area contributed by atoms with E-state index in [1.165, 1.54) is 22.3 Å². The molecule has 3 atom stereocenters. The number of hydrogen-bond donors (Lipinski definition) is 1. The molecule has 2 fully saturated rings. The molecule has 2 aliphatic heterocycles. The highest BCUT2D eigenvalue weighted by Crippen LogP contribution is 2.56. The first-order chi connectivity index (χ1) is 17.5. The number of rotatable bonds is 6. The van der Waals surface area contributed by atoms with E-state index < -0.39 is 5.60 Å². The molecule has 3 heterocycles. The van der Waals surface area contributed by atoms with Crippen LogP contribution in [-0.2, 0) is 24.9 Å². The van der Waals surface area contributed by atoms with Crippen molar-refractivity contribution in [2.24, 2.45) is 0 Å². The molecule has 2 aromatic carbocycles. The summed E-state index contributed by atoms with van der Waals surface area (Å²) < 4.78 is 7.70. The highest BCUT2D eigenvalue weighted by Gasteiger charge is 2.63. The maximum absolute atomic E-state index is 12.8. The predicted molar refractivity (Wildman–Crippen MR) is 141 cm³/mol. The normalized spacial score (nSPS) is 28.2. The van der Waals surface area contributed by atoms with Crippen LogP contribution in [0.25, 0.3) is 0 Å². The molecule has 1 aliphatic carbocycles. The molecule has 2 bridgehead atoms. The Morgan fingerprint density at radius 1 is 1.03 bits per heavy atom. The van der Waals surface area contributed by atoms with Gasteiger partial charge >= 0.3 is 0 Å². The topological polar surface area (TPSA) is 53.8 Å². The molecule has 0 spiro atoms. The van der Waals surface area contributed by atoms with Crippen molar-refractivity contribution in [2.75, 3.05) is 33.3 Å². The Balaban J connectivity index is 1.33. The molecule has 0 saturated carbocycles. The van der Waals surface area contributed by atoms with Crippen LogP contribution < -0.4 is 4.74 Å². The van der Waals surface area contributed by atoms with Crippen LogP contribution in [0.3, 0.4) is 0 Å². The van der Waals surface area contributed by atoms with Crippen molar-refractivity contribution in [3.63, 3.8) is 0 Å². The van der Waals surface area contributed by atoms with E-state index in [0.717, 1.165) is 70.7 Å². The highest BCUT2D eigenvalue weighted by atomic mass is 16.5. The zero-order chi connectivity index (χ0) is 24.8. The average molecular weight is 487 g/mol. The molecule has 2 saturated heterocycles. The summed E-state index contributed by atoms with van der Waals surface area (Å²) in [5.74, 6) is 0.894. The largest absolute Gasteiger partial charge is 0.497 e. The van der Waals surface area contributed by atoms with Crippen molar-refractivity contribution in [1.29, 1.82) is 0 Å². The molecule has 0 radical (unpaired) electrons. The number of hydrogen-bond acceptors (Lipinski definition) is 5. The third-order valence-corrected chi connectivity index (χ3v) is 9.19. The van der Waals surface area contributed by atoms with Crippen LogP contribution in [0.4, 0.5) is 0 Å². The monoisotopic (exact) mass is 486 g/mol. The van der Waals surface area contributed by atoms with Gasteiger partial charge in [-0.3, -0.25) is 9.58 Å². The number of nitrogens with zero attached hydrogens (tertiary/aromatic N) is 4. The van der Waals surface area contributed by atoms with Crippen LogP contribution in [0, 0.1) is 6.92 Å². The Morgan fingerprint density at radius 2 is 1.83 bits per heavy atom. The predicted octanol–water partition coefficient (Wildman–Crippen LogP) is 3.80. The number of ether oxygens (including phenoxy) is 1. The SMILES string of the molecule is COc1ccc2c(c1)C13CCN(CCn4cc(C)cn4)CCC1(O)C(C2)N(Cc1ccccc1)CC3. The van der Waals surface area contributed by atoms with Crippen molar-refractivity contribution >= 4 is 0 Å². The molecule has 6 rings (SSSR count). The van der Waals surface area contributed by atoms with Gasteiger partial charge in [-0.2, -0.15) is 5.10 Å². The fourth-order valence-corrected chi connectivity index (χ4v) is 7.24. The van der Waals surface area contributed by atoms with Gasteiger partial charge in [-0.15, -0.1) is 0 Å². The Labute approximate surface area is 214 Å². The second kappa shape index (κ2) is 9.33. The highest BCUT2D eigenvalue weighted by molar-refractivity contribution is 5.48. The summed E-state index contributed by atoms with van der Waals surface area (Å²) in [5.41, 5.74) is 4.20. The van der Waals surface area contributed by atoms with E-state index in [2.05, 4.69) is 76.6 Å². The van der Waals surface area contributed by atoms with E-state index in [-0.39, 0.29) is 11.5 Å². The molecule has 1 aromatic heterocycles. The minimum atomic E-state index is -0.767. The van der Waals surface area contributed by atoms with Gasteiger partial charge in [0.15, 0.2) is 0 Å². The summed E-state index contributed by atoms with van der Waals surface area (Å²) in [5, 5.41) is 17.3. The summed E-state index contributed by atoms with van der Waals surface area (Å²) >= 11 is 0. The first kappa shape index (κ1) is 23.7. The summed E-state index contributed by atoms with van der Waals surface area (Å²) in [6.07, 6.45) is 7.65. The number of likely N-dealkylation sites (tertiary alicyclic amines) is 2. The molecule has 6 heteroatoms. The molecule has 36 heavy (non-hydrogen) atoms. The third-order valence-electron chi connectivity index (χ3n) is 9.19. The zero-order valence-corrected chi connectivity index (χ0v) is 21.6. The standard InChI is InChI=1S/C30H38N4O2/c1-23-20-31-34(21-23)17-16-32-13-10-29-11-15-33(22-24-6-4-3-5-7-24)28(30(29,35)12-14-32)18-25-8-9-26(36-2)19-27(25)29/h3-9,19-21,28,35H,10-18,22H2,1-2H3. The lowest BCUT2D eigenvalue weighted by molar-refractivity contribution is -0.150. The maximum Gasteiger partial charge on any atom is 0.119 e. The average Bonchev–Trinajstić information content (AvgIpc) is 3.24. The summed E-state index contributed by atoms with van der Waals surface area (Å²) in [6, 6.07) is 17.4.